The van der Waals surface area contributed by atoms with E-state index in [1.54, 1.807) is 13.2 Å². The topological polar surface area (TPSA) is 35.5 Å². The maximum absolute atomic E-state index is 12.0. The van der Waals surface area contributed by atoms with E-state index in [9.17, 15) is 4.79 Å². The lowest BCUT2D eigenvalue weighted by Crippen LogP contribution is -2.17. The third kappa shape index (κ3) is 8.24. The Balaban J connectivity index is 2.57. The Kier molecular flexibility index (Phi) is 8.74. The van der Waals surface area contributed by atoms with Crippen molar-refractivity contribution in [3.05, 3.63) is 29.8 Å². The Morgan fingerprint density at radius 3 is 2.44 bits per heavy atom. The Hall–Kier alpha value is -1.77. The van der Waals surface area contributed by atoms with Gasteiger partial charge in [0.15, 0.2) is 17.3 Å². The molecule has 0 spiro atoms. The first-order valence-corrected chi connectivity index (χ1v) is 9.27. The van der Waals surface area contributed by atoms with Crippen molar-refractivity contribution in [1.82, 2.24) is 0 Å². The molecule has 1 aromatic rings. The second-order valence-corrected chi connectivity index (χ2v) is 7.95. The molecule has 0 saturated carbocycles. The van der Waals surface area contributed by atoms with Crippen LogP contribution in [0.5, 0.6) is 11.5 Å². The summed E-state index contributed by atoms with van der Waals surface area (Å²) in [6.45, 7) is 11.0. The van der Waals surface area contributed by atoms with Crippen molar-refractivity contribution in [2.45, 2.75) is 60.3 Å². The average molecular weight is 347 g/mol. The van der Waals surface area contributed by atoms with Gasteiger partial charge in [0.1, 0.15) is 0 Å². The third-order valence-electron chi connectivity index (χ3n) is 4.04. The van der Waals surface area contributed by atoms with Crippen LogP contribution in [-0.2, 0) is 4.79 Å². The van der Waals surface area contributed by atoms with Crippen LogP contribution in [0.1, 0.15) is 65.9 Å². The van der Waals surface area contributed by atoms with E-state index in [1.807, 2.05) is 45.0 Å². The van der Waals surface area contributed by atoms with Crippen LogP contribution < -0.4 is 9.47 Å². The van der Waals surface area contributed by atoms with Gasteiger partial charge in [-0.25, -0.2) is 0 Å². The fourth-order valence-electron chi connectivity index (χ4n) is 2.34. The lowest BCUT2D eigenvalue weighted by molar-refractivity contribution is -0.121. The van der Waals surface area contributed by atoms with E-state index >= 15 is 0 Å². The van der Waals surface area contributed by atoms with E-state index in [0.29, 0.717) is 12.4 Å². The Morgan fingerprint density at radius 2 is 1.84 bits per heavy atom. The molecule has 0 radical (unpaired) electrons. The molecular formula is C22H34O3. The number of ether oxygens (including phenoxy) is 2. The van der Waals surface area contributed by atoms with Gasteiger partial charge in [0.2, 0.25) is 0 Å². The molecule has 0 bridgehead atoms. The molecule has 0 atom stereocenters. The molecule has 1 aromatic carbocycles. The number of allylic oxidation sites excluding steroid dienone is 1. The van der Waals surface area contributed by atoms with Gasteiger partial charge in [-0.2, -0.15) is 0 Å². The number of rotatable bonds is 10. The van der Waals surface area contributed by atoms with Crippen LogP contribution in [0, 0.1) is 11.3 Å². The van der Waals surface area contributed by atoms with Gasteiger partial charge in [-0.3, -0.25) is 4.79 Å². The number of ketones is 1. The zero-order valence-corrected chi connectivity index (χ0v) is 16.7. The quantitative estimate of drug-likeness (QED) is 0.390. The molecule has 0 heterocycles. The summed E-state index contributed by atoms with van der Waals surface area (Å²) in [5.74, 6) is 2.33. The lowest BCUT2D eigenvalue weighted by Gasteiger charge is -2.13. The SMILES string of the molecule is COc1cc(C=CC(=O)C(C)(C)C)ccc1OCCCCCC(C)C. The first-order chi connectivity index (χ1) is 11.7. The highest BCUT2D eigenvalue weighted by Gasteiger charge is 2.17. The number of methoxy groups -OCH3 is 1. The molecule has 3 nitrogen and oxygen atoms in total. The summed E-state index contributed by atoms with van der Waals surface area (Å²) in [4.78, 5) is 12.0. The van der Waals surface area contributed by atoms with Crippen molar-refractivity contribution in [3.8, 4) is 11.5 Å². The minimum absolute atomic E-state index is 0.105. The van der Waals surface area contributed by atoms with Crippen molar-refractivity contribution >= 4 is 11.9 Å². The maximum Gasteiger partial charge on any atom is 0.161 e. The average Bonchev–Trinajstić information content (AvgIpc) is 2.55. The molecule has 0 amide bonds. The fourth-order valence-corrected chi connectivity index (χ4v) is 2.34. The van der Waals surface area contributed by atoms with Gasteiger partial charge in [-0.1, -0.05) is 66.0 Å². The van der Waals surface area contributed by atoms with Crippen molar-refractivity contribution in [3.63, 3.8) is 0 Å². The Morgan fingerprint density at radius 1 is 1.12 bits per heavy atom. The van der Waals surface area contributed by atoms with Crippen LogP contribution in [-0.4, -0.2) is 19.5 Å². The second-order valence-electron chi connectivity index (χ2n) is 7.95. The van der Waals surface area contributed by atoms with Crippen molar-refractivity contribution in [2.75, 3.05) is 13.7 Å². The van der Waals surface area contributed by atoms with E-state index < -0.39 is 0 Å². The molecule has 0 N–H and O–H groups in total. The molecule has 3 heteroatoms. The number of unbranched alkanes of at least 4 members (excludes halogenated alkanes) is 2. The van der Waals surface area contributed by atoms with E-state index in [2.05, 4.69) is 13.8 Å². The van der Waals surface area contributed by atoms with Gasteiger partial charge in [-0.15, -0.1) is 0 Å². The van der Waals surface area contributed by atoms with Gasteiger partial charge in [0.25, 0.3) is 0 Å². The molecule has 1 rings (SSSR count). The van der Waals surface area contributed by atoms with Gasteiger partial charge >= 0.3 is 0 Å². The zero-order valence-electron chi connectivity index (χ0n) is 16.7. The molecule has 0 aliphatic rings. The summed E-state index contributed by atoms with van der Waals surface area (Å²) in [5, 5.41) is 0. The van der Waals surface area contributed by atoms with Crippen LogP contribution >= 0.6 is 0 Å². The number of hydrogen-bond acceptors (Lipinski definition) is 3. The van der Waals surface area contributed by atoms with Gasteiger partial charge in [-0.05, 0) is 36.1 Å². The van der Waals surface area contributed by atoms with Gasteiger partial charge in [0.05, 0.1) is 13.7 Å². The molecule has 0 unspecified atom stereocenters. The lowest BCUT2D eigenvalue weighted by atomic mass is 9.90. The van der Waals surface area contributed by atoms with Gasteiger partial charge < -0.3 is 9.47 Å². The first-order valence-electron chi connectivity index (χ1n) is 9.27. The number of carbonyl (C=O) groups is 1. The summed E-state index contributed by atoms with van der Waals surface area (Å²) in [6, 6.07) is 5.76. The van der Waals surface area contributed by atoms with Crippen LogP contribution in [0.25, 0.3) is 6.08 Å². The Labute approximate surface area is 153 Å². The molecule has 140 valence electrons. The van der Waals surface area contributed by atoms with Crippen LogP contribution in [0.4, 0.5) is 0 Å². The van der Waals surface area contributed by atoms with Crippen LogP contribution in [0.2, 0.25) is 0 Å². The minimum atomic E-state index is -0.362. The maximum atomic E-state index is 12.0. The molecular weight excluding hydrogens is 312 g/mol. The third-order valence-corrected chi connectivity index (χ3v) is 4.04. The highest BCUT2D eigenvalue weighted by molar-refractivity contribution is 5.97. The van der Waals surface area contributed by atoms with E-state index in [4.69, 9.17) is 9.47 Å². The molecule has 0 saturated heterocycles. The monoisotopic (exact) mass is 346 g/mol. The van der Waals surface area contributed by atoms with Crippen LogP contribution in [0.15, 0.2) is 24.3 Å². The second kappa shape index (κ2) is 10.3. The number of carbonyl (C=O) groups excluding carboxylic acids is 1. The molecule has 25 heavy (non-hydrogen) atoms. The van der Waals surface area contributed by atoms with E-state index in [-0.39, 0.29) is 11.2 Å². The van der Waals surface area contributed by atoms with E-state index in [1.165, 1.54) is 19.3 Å². The van der Waals surface area contributed by atoms with Crippen molar-refractivity contribution in [1.29, 1.82) is 0 Å². The zero-order chi connectivity index (χ0) is 18.9. The predicted octanol–water partition coefficient (Wildman–Crippen LogP) is 5.92. The predicted molar refractivity (Wildman–Crippen MR) is 105 cm³/mol. The molecule has 0 aliphatic heterocycles. The summed E-state index contributed by atoms with van der Waals surface area (Å²) >= 11 is 0. The highest BCUT2D eigenvalue weighted by Crippen LogP contribution is 2.29. The van der Waals surface area contributed by atoms with Crippen molar-refractivity contribution < 1.29 is 14.3 Å². The molecule has 0 aliphatic carbocycles. The smallest absolute Gasteiger partial charge is 0.161 e. The fraction of sp³-hybridized carbons (Fsp3) is 0.591. The molecule has 0 aromatic heterocycles. The largest absolute Gasteiger partial charge is 0.493 e. The summed E-state index contributed by atoms with van der Waals surface area (Å²) in [6.07, 6.45) is 8.23. The normalized spacial score (nSPS) is 12.0. The summed E-state index contributed by atoms with van der Waals surface area (Å²) in [7, 11) is 1.64. The summed E-state index contributed by atoms with van der Waals surface area (Å²) < 4.78 is 11.3. The van der Waals surface area contributed by atoms with Gasteiger partial charge in [0, 0.05) is 5.41 Å². The number of hydrogen-bond donors (Lipinski definition) is 0. The first kappa shape index (κ1) is 21.3. The van der Waals surface area contributed by atoms with E-state index in [0.717, 1.165) is 23.7 Å². The van der Waals surface area contributed by atoms with Crippen LogP contribution in [0.3, 0.4) is 0 Å². The van der Waals surface area contributed by atoms with Crippen molar-refractivity contribution in [2.24, 2.45) is 11.3 Å². The highest BCUT2D eigenvalue weighted by atomic mass is 16.5. The summed E-state index contributed by atoms with van der Waals surface area (Å²) in [5.41, 5.74) is 0.567. The standard InChI is InChI=1S/C22H34O3/c1-17(2)10-8-7-9-15-25-19-13-11-18(16-20(19)24-6)12-14-21(23)22(3,4)5/h11-14,16-17H,7-10,15H2,1-6H3. The molecule has 0 fully saturated rings. The Bertz CT molecular complexity index is 565. The minimum Gasteiger partial charge on any atom is -0.493 e. The number of benzene rings is 1.